The van der Waals surface area contributed by atoms with Crippen molar-refractivity contribution >= 4 is 0 Å². The fourth-order valence-corrected chi connectivity index (χ4v) is 4.59. The van der Waals surface area contributed by atoms with Crippen LogP contribution >= 0.6 is 0 Å². The summed E-state index contributed by atoms with van der Waals surface area (Å²) in [6.07, 6.45) is 8.99. The van der Waals surface area contributed by atoms with Gasteiger partial charge in [0.15, 0.2) is 0 Å². The number of allylic oxidation sites excluding steroid dienone is 1. The number of hydrogen-bond acceptors (Lipinski definition) is 1. The summed E-state index contributed by atoms with van der Waals surface area (Å²) in [4.78, 5) is 0. The van der Waals surface area contributed by atoms with Crippen LogP contribution in [0.15, 0.2) is 24.5 Å². The third-order valence-electron chi connectivity index (χ3n) is 5.39. The highest BCUT2D eigenvalue weighted by atomic mass is 16.5. The number of ether oxygens (including phenoxy) is 1. The first-order valence-corrected chi connectivity index (χ1v) is 7.18. The predicted molar refractivity (Wildman–Crippen MR) is 70.5 cm³/mol. The highest BCUT2D eigenvalue weighted by molar-refractivity contribution is 5.17. The summed E-state index contributed by atoms with van der Waals surface area (Å²) in [5.41, 5.74) is 0.980. The molecule has 3 rings (SSSR count). The van der Waals surface area contributed by atoms with Crippen LogP contribution in [0.1, 0.15) is 45.4 Å². The Morgan fingerprint density at radius 3 is 2.41 bits per heavy atom. The van der Waals surface area contributed by atoms with Gasteiger partial charge >= 0.3 is 0 Å². The molecule has 0 saturated heterocycles. The molecule has 3 saturated carbocycles. The van der Waals surface area contributed by atoms with E-state index in [0.29, 0.717) is 6.10 Å². The van der Waals surface area contributed by atoms with Gasteiger partial charge in [0.1, 0.15) is 11.9 Å². The van der Waals surface area contributed by atoms with E-state index in [-0.39, 0.29) is 0 Å². The average molecular weight is 232 g/mol. The highest BCUT2D eigenvalue weighted by Crippen LogP contribution is 2.58. The summed E-state index contributed by atoms with van der Waals surface area (Å²) >= 11 is 0. The molecular formula is C16H24O. The second-order valence-electron chi connectivity index (χ2n) is 6.37. The molecule has 0 aromatic rings. The summed E-state index contributed by atoms with van der Waals surface area (Å²) in [7, 11) is 0. The minimum absolute atomic E-state index is 0.448. The fraction of sp³-hybridized carbons (Fsp3) is 0.750. The Labute approximate surface area is 105 Å². The SMILES string of the molecule is C=C(C)C(=C)OC1CC2CC1C1CCCCC21. The summed E-state index contributed by atoms with van der Waals surface area (Å²) in [6, 6.07) is 0. The standard InChI is InChI=1S/C16H24O/c1-10(2)11(3)17-16-9-12-8-15(16)14-7-5-4-6-13(12)14/h12-16H,1,3-9H2,2H3. The number of fused-ring (bicyclic) bond motifs is 5. The lowest BCUT2D eigenvalue weighted by Gasteiger charge is -2.39. The van der Waals surface area contributed by atoms with Gasteiger partial charge in [-0.2, -0.15) is 0 Å². The molecule has 0 aliphatic heterocycles. The van der Waals surface area contributed by atoms with Crippen LogP contribution in [0.3, 0.4) is 0 Å². The maximum atomic E-state index is 6.06. The zero-order valence-corrected chi connectivity index (χ0v) is 11.0. The molecule has 0 radical (unpaired) electrons. The fourth-order valence-electron chi connectivity index (χ4n) is 4.59. The molecule has 0 heterocycles. The molecule has 94 valence electrons. The summed E-state index contributed by atoms with van der Waals surface area (Å²) in [6.45, 7) is 9.88. The Kier molecular flexibility index (Phi) is 2.80. The topological polar surface area (TPSA) is 9.23 Å². The Hall–Kier alpha value is -0.720. The first-order valence-electron chi connectivity index (χ1n) is 7.18. The van der Waals surface area contributed by atoms with Crippen molar-refractivity contribution in [2.75, 3.05) is 0 Å². The van der Waals surface area contributed by atoms with E-state index < -0.39 is 0 Å². The Balaban J connectivity index is 1.67. The van der Waals surface area contributed by atoms with Crippen LogP contribution in [0.2, 0.25) is 0 Å². The zero-order chi connectivity index (χ0) is 12.0. The highest BCUT2D eigenvalue weighted by Gasteiger charge is 2.53. The third-order valence-corrected chi connectivity index (χ3v) is 5.39. The average Bonchev–Trinajstić information content (AvgIpc) is 2.87. The minimum Gasteiger partial charge on any atom is -0.490 e. The first-order chi connectivity index (χ1) is 8.16. The van der Waals surface area contributed by atoms with Crippen molar-refractivity contribution in [3.8, 4) is 0 Å². The van der Waals surface area contributed by atoms with Crippen molar-refractivity contribution in [1.29, 1.82) is 0 Å². The monoisotopic (exact) mass is 232 g/mol. The van der Waals surface area contributed by atoms with Crippen molar-refractivity contribution in [2.45, 2.75) is 51.6 Å². The Bertz CT molecular complexity index is 343. The Morgan fingerprint density at radius 1 is 1.00 bits per heavy atom. The molecule has 5 atom stereocenters. The van der Waals surface area contributed by atoms with Gasteiger partial charge in [-0.3, -0.25) is 0 Å². The van der Waals surface area contributed by atoms with Crippen LogP contribution in [0, 0.1) is 23.7 Å². The van der Waals surface area contributed by atoms with Gasteiger partial charge < -0.3 is 4.74 Å². The number of rotatable bonds is 3. The molecule has 0 aromatic carbocycles. The number of hydrogen-bond donors (Lipinski definition) is 0. The smallest absolute Gasteiger partial charge is 0.114 e. The molecule has 0 spiro atoms. The molecule has 3 aliphatic rings. The molecule has 17 heavy (non-hydrogen) atoms. The molecule has 5 unspecified atom stereocenters. The van der Waals surface area contributed by atoms with Crippen molar-refractivity contribution in [3.63, 3.8) is 0 Å². The van der Waals surface area contributed by atoms with Crippen LogP contribution in [-0.2, 0) is 4.74 Å². The van der Waals surface area contributed by atoms with Crippen molar-refractivity contribution in [2.24, 2.45) is 23.7 Å². The van der Waals surface area contributed by atoms with Crippen LogP contribution in [-0.4, -0.2) is 6.10 Å². The molecule has 1 heteroatoms. The van der Waals surface area contributed by atoms with E-state index in [4.69, 9.17) is 4.74 Å². The largest absolute Gasteiger partial charge is 0.490 e. The molecule has 0 aromatic heterocycles. The van der Waals surface area contributed by atoms with Crippen LogP contribution in [0.5, 0.6) is 0 Å². The van der Waals surface area contributed by atoms with Gasteiger partial charge in [0.05, 0.1) is 0 Å². The summed E-state index contributed by atoms with van der Waals surface area (Å²) in [5.74, 6) is 4.58. The van der Waals surface area contributed by atoms with E-state index in [2.05, 4.69) is 13.2 Å². The quantitative estimate of drug-likeness (QED) is 0.520. The second kappa shape index (κ2) is 4.19. The molecule has 2 bridgehead atoms. The van der Waals surface area contributed by atoms with Crippen molar-refractivity contribution in [1.82, 2.24) is 0 Å². The normalized spacial score (nSPS) is 43.2. The second-order valence-corrected chi connectivity index (χ2v) is 6.37. The lowest BCUT2D eigenvalue weighted by atomic mass is 9.70. The molecule has 0 amide bonds. The van der Waals surface area contributed by atoms with Gasteiger partial charge in [-0.25, -0.2) is 0 Å². The molecule has 3 aliphatic carbocycles. The van der Waals surface area contributed by atoms with Gasteiger partial charge in [0.2, 0.25) is 0 Å². The molecule has 1 nitrogen and oxygen atoms in total. The van der Waals surface area contributed by atoms with E-state index >= 15 is 0 Å². The predicted octanol–water partition coefficient (Wildman–Crippen LogP) is 4.31. The van der Waals surface area contributed by atoms with Gasteiger partial charge in [0, 0.05) is 0 Å². The van der Waals surface area contributed by atoms with Crippen molar-refractivity contribution < 1.29 is 4.74 Å². The first kappa shape index (κ1) is 11.4. The van der Waals surface area contributed by atoms with Gasteiger partial charge in [-0.1, -0.05) is 26.0 Å². The summed E-state index contributed by atoms with van der Waals surface area (Å²) < 4.78 is 6.06. The lowest BCUT2D eigenvalue weighted by Crippen LogP contribution is -2.34. The molecule has 0 N–H and O–H groups in total. The van der Waals surface area contributed by atoms with Gasteiger partial charge in [-0.05, 0) is 61.9 Å². The lowest BCUT2D eigenvalue weighted by molar-refractivity contribution is 0.0132. The minimum atomic E-state index is 0.448. The van der Waals surface area contributed by atoms with Crippen LogP contribution in [0.4, 0.5) is 0 Å². The van der Waals surface area contributed by atoms with E-state index in [9.17, 15) is 0 Å². The van der Waals surface area contributed by atoms with E-state index in [1.165, 1.54) is 38.5 Å². The molecular weight excluding hydrogens is 208 g/mol. The van der Waals surface area contributed by atoms with Gasteiger partial charge in [-0.15, -0.1) is 0 Å². The van der Waals surface area contributed by atoms with E-state index in [0.717, 1.165) is 35.0 Å². The van der Waals surface area contributed by atoms with E-state index in [1.54, 1.807) is 0 Å². The maximum absolute atomic E-state index is 6.06. The Morgan fingerprint density at radius 2 is 1.71 bits per heavy atom. The van der Waals surface area contributed by atoms with E-state index in [1.807, 2.05) is 6.92 Å². The third kappa shape index (κ3) is 1.84. The molecule has 3 fully saturated rings. The van der Waals surface area contributed by atoms with Crippen LogP contribution in [0.25, 0.3) is 0 Å². The van der Waals surface area contributed by atoms with Crippen molar-refractivity contribution in [3.05, 3.63) is 24.5 Å². The van der Waals surface area contributed by atoms with Gasteiger partial charge in [0.25, 0.3) is 0 Å². The van der Waals surface area contributed by atoms with Crippen LogP contribution < -0.4 is 0 Å². The maximum Gasteiger partial charge on any atom is 0.114 e. The summed E-state index contributed by atoms with van der Waals surface area (Å²) in [5, 5.41) is 0. The zero-order valence-electron chi connectivity index (χ0n) is 11.0.